The van der Waals surface area contributed by atoms with Gasteiger partial charge in [-0.25, -0.2) is 20.4 Å². The predicted molar refractivity (Wildman–Crippen MR) is 62.8 cm³/mol. The summed E-state index contributed by atoms with van der Waals surface area (Å²) in [5, 5.41) is 12.1. The van der Waals surface area contributed by atoms with Gasteiger partial charge in [0.25, 0.3) is 0 Å². The lowest BCUT2D eigenvalue weighted by molar-refractivity contribution is 0.562. The SMILES string of the molecule is Cc1cc(C)c(Cl)c(Cl)c1.N=C=O.N=C=O. The third kappa shape index (κ3) is 7.92. The van der Waals surface area contributed by atoms with Gasteiger partial charge in [0.1, 0.15) is 0 Å². The van der Waals surface area contributed by atoms with Gasteiger partial charge in [-0.2, -0.15) is 0 Å². The normalized spacial score (nSPS) is 7.25. The van der Waals surface area contributed by atoms with Gasteiger partial charge in [0, 0.05) is 0 Å². The van der Waals surface area contributed by atoms with Crippen LogP contribution < -0.4 is 0 Å². The van der Waals surface area contributed by atoms with Crippen molar-refractivity contribution in [2.24, 2.45) is 0 Å². The quantitative estimate of drug-likeness (QED) is 0.554. The van der Waals surface area contributed by atoms with E-state index in [1.54, 1.807) is 0 Å². The first-order valence-electron chi connectivity index (χ1n) is 3.94. The number of hydrogen-bond acceptors (Lipinski definition) is 4. The van der Waals surface area contributed by atoms with E-state index in [-0.39, 0.29) is 0 Å². The fourth-order valence-corrected chi connectivity index (χ4v) is 1.33. The Morgan fingerprint density at radius 2 is 1.44 bits per heavy atom. The number of rotatable bonds is 0. The minimum atomic E-state index is 0.638. The maximum Gasteiger partial charge on any atom is 0.231 e. The van der Waals surface area contributed by atoms with E-state index in [1.165, 1.54) is 0 Å². The molecule has 0 amide bonds. The topological polar surface area (TPSA) is 81.8 Å². The molecule has 1 rings (SSSR count). The molecular formula is C10H10Cl2N2O2. The second-order valence-electron chi connectivity index (χ2n) is 2.58. The predicted octanol–water partition coefficient (Wildman–Crippen LogP) is 3.41. The molecule has 0 heterocycles. The Hall–Kier alpha value is -1.44. The summed E-state index contributed by atoms with van der Waals surface area (Å²) < 4.78 is 0. The number of halogens is 2. The lowest BCUT2D eigenvalue weighted by Gasteiger charge is -2.00. The van der Waals surface area contributed by atoms with Crippen LogP contribution in [0, 0.1) is 24.7 Å². The third-order valence-electron chi connectivity index (χ3n) is 1.35. The average molecular weight is 261 g/mol. The van der Waals surface area contributed by atoms with Crippen LogP contribution in [-0.4, -0.2) is 12.2 Å². The second-order valence-corrected chi connectivity index (χ2v) is 3.37. The molecule has 0 aliphatic rings. The summed E-state index contributed by atoms with van der Waals surface area (Å²) in [5.74, 6) is 0. The summed E-state index contributed by atoms with van der Waals surface area (Å²) >= 11 is 11.6. The number of nitrogens with one attached hydrogen (secondary N) is 2. The van der Waals surface area contributed by atoms with Gasteiger partial charge in [-0.3, -0.25) is 0 Å². The monoisotopic (exact) mass is 260 g/mol. The van der Waals surface area contributed by atoms with Gasteiger partial charge in [-0.1, -0.05) is 29.3 Å². The van der Waals surface area contributed by atoms with Crippen molar-refractivity contribution in [3.05, 3.63) is 33.3 Å². The first-order valence-corrected chi connectivity index (χ1v) is 4.70. The molecule has 6 heteroatoms. The van der Waals surface area contributed by atoms with Crippen LogP contribution in [0.1, 0.15) is 11.1 Å². The summed E-state index contributed by atoms with van der Waals surface area (Å²) in [4.78, 5) is 16.7. The van der Waals surface area contributed by atoms with E-state index in [0.29, 0.717) is 10.0 Å². The number of benzene rings is 1. The molecule has 4 nitrogen and oxygen atoms in total. The van der Waals surface area contributed by atoms with Crippen molar-refractivity contribution in [3.8, 4) is 0 Å². The van der Waals surface area contributed by atoms with E-state index in [1.807, 2.05) is 26.0 Å². The molecule has 0 saturated carbocycles. The molecule has 0 unspecified atom stereocenters. The van der Waals surface area contributed by atoms with Gasteiger partial charge in [0.15, 0.2) is 0 Å². The highest BCUT2D eigenvalue weighted by Crippen LogP contribution is 2.26. The van der Waals surface area contributed by atoms with Crippen molar-refractivity contribution in [1.29, 1.82) is 10.8 Å². The molecule has 0 saturated heterocycles. The van der Waals surface area contributed by atoms with Crippen LogP contribution >= 0.6 is 23.2 Å². The summed E-state index contributed by atoms with van der Waals surface area (Å²) in [5.41, 5.74) is 2.18. The zero-order valence-electron chi connectivity index (χ0n) is 8.73. The van der Waals surface area contributed by atoms with Crippen molar-refractivity contribution in [3.63, 3.8) is 0 Å². The first-order chi connectivity index (χ1) is 7.44. The second kappa shape index (κ2) is 10.1. The summed E-state index contributed by atoms with van der Waals surface area (Å²) in [6.07, 6.45) is 1.50. The fraction of sp³-hybridized carbons (Fsp3) is 0.200. The van der Waals surface area contributed by atoms with Crippen LogP contribution in [0.25, 0.3) is 0 Å². The summed E-state index contributed by atoms with van der Waals surface area (Å²) in [6, 6.07) is 3.87. The van der Waals surface area contributed by atoms with E-state index < -0.39 is 0 Å². The van der Waals surface area contributed by atoms with Gasteiger partial charge >= 0.3 is 0 Å². The lowest BCUT2D eigenvalue weighted by Crippen LogP contribution is -1.79. The highest BCUT2D eigenvalue weighted by Gasteiger charge is 2.00. The number of carbonyl (C=O) groups excluding carboxylic acids is 2. The first kappa shape index (κ1) is 17.0. The van der Waals surface area contributed by atoms with Gasteiger partial charge in [-0.05, 0) is 31.0 Å². The summed E-state index contributed by atoms with van der Waals surface area (Å²) in [6.45, 7) is 3.94. The van der Waals surface area contributed by atoms with Crippen LogP contribution in [-0.2, 0) is 9.59 Å². The van der Waals surface area contributed by atoms with Gasteiger partial charge < -0.3 is 0 Å². The van der Waals surface area contributed by atoms with E-state index in [2.05, 4.69) is 0 Å². The molecule has 0 radical (unpaired) electrons. The average Bonchev–Trinajstić information content (AvgIpc) is 2.16. The van der Waals surface area contributed by atoms with Crippen LogP contribution in [0.3, 0.4) is 0 Å². The molecule has 0 atom stereocenters. The van der Waals surface area contributed by atoms with E-state index in [0.717, 1.165) is 23.3 Å². The molecule has 0 bridgehead atoms. The third-order valence-corrected chi connectivity index (χ3v) is 2.25. The Labute approximate surface area is 103 Å². The van der Waals surface area contributed by atoms with E-state index >= 15 is 0 Å². The largest absolute Gasteiger partial charge is 0.231 e. The molecule has 0 aliphatic carbocycles. The fourth-order valence-electron chi connectivity index (χ4n) is 0.898. The Morgan fingerprint density at radius 1 is 1.06 bits per heavy atom. The van der Waals surface area contributed by atoms with E-state index in [4.69, 9.17) is 43.6 Å². The van der Waals surface area contributed by atoms with Crippen molar-refractivity contribution in [2.75, 3.05) is 0 Å². The van der Waals surface area contributed by atoms with Crippen LogP contribution in [0.5, 0.6) is 0 Å². The molecule has 0 aromatic heterocycles. The van der Waals surface area contributed by atoms with Crippen molar-refractivity contribution in [1.82, 2.24) is 0 Å². The zero-order chi connectivity index (χ0) is 13.1. The minimum absolute atomic E-state index is 0.638. The molecule has 16 heavy (non-hydrogen) atoms. The minimum Gasteiger partial charge on any atom is -0.222 e. The standard InChI is InChI=1S/C8H8Cl2.2CHNO/c1-5-3-6(2)8(10)7(9)4-5;2*2-1-3/h3-4H,1-2H3;2*2H. The number of aryl methyl sites for hydroxylation is 2. The summed E-state index contributed by atoms with van der Waals surface area (Å²) in [7, 11) is 0. The molecule has 2 N–H and O–H groups in total. The van der Waals surface area contributed by atoms with Gasteiger partial charge in [0.2, 0.25) is 12.2 Å². The Bertz CT molecular complexity index is 372. The molecule has 0 spiro atoms. The van der Waals surface area contributed by atoms with Crippen LogP contribution in [0.4, 0.5) is 0 Å². The Kier molecular flexibility index (Phi) is 10.7. The maximum absolute atomic E-state index is 8.35. The Balaban J connectivity index is 0. The molecular weight excluding hydrogens is 251 g/mol. The van der Waals surface area contributed by atoms with Crippen LogP contribution in [0.2, 0.25) is 10.0 Å². The van der Waals surface area contributed by atoms with Gasteiger partial charge in [0.05, 0.1) is 10.0 Å². The van der Waals surface area contributed by atoms with Crippen molar-refractivity contribution >= 4 is 35.4 Å². The molecule has 1 aromatic carbocycles. The zero-order valence-corrected chi connectivity index (χ0v) is 10.2. The Morgan fingerprint density at radius 3 is 1.75 bits per heavy atom. The lowest BCUT2D eigenvalue weighted by atomic mass is 10.2. The van der Waals surface area contributed by atoms with E-state index in [9.17, 15) is 0 Å². The molecule has 1 aromatic rings. The molecule has 86 valence electrons. The molecule has 0 aliphatic heterocycles. The number of isocyanates is 2. The maximum atomic E-state index is 8.35. The van der Waals surface area contributed by atoms with Crippen molar-refractivity contribution < 1.29 is 9.59 Å². The van der Waals surface area contributed by atoms with Crippen molar-refractivity contribution in [2.45, 2.75) is 13.8 Å². The highest BCUT2D eigenvalue weighted by molar-refractivity contribution is 6.42. The number of hydrogen-bond donors (Lipinski definition) is 2. The van der Waals surface area contributed by atoms with Crippen LogP contribution in [0.15, 0.2) is 12.1 Å². The molecule has 0 fully saturated rings. The smallest absolute Gasteiger partial charge is 0.222 e. The highest BCUT2D eigenvalue weighted by atomic mass is 35.5. The van der Waals surface area contributed by atoms with Gasteiger partial charge in [-0.15, -0.1) is 0 Å².